The summed E-state index contributed by atoms with van der Waals surface area (Å²) in [7, 11) is 0. The molecule has 0 amide bonds. The summed E-state index contributed by atoms with van der Waals surface area (Å²) in [5.74, 6) is 0.449. The van der Waals surface area contributed by atoms with E-state index in [1.54, 1.807) is 0 Å². The minimum absolute atomic E-state index is 0.272. The summed E-state index contributed by atoms with van der Waals surface area (Å²) in [6.07, 6.45) is 4.51. The molecule has 1 nitrogen and oxygen atoms in total. The zero-order chi connectivity index (χ0) is 12.5. The molecule has 1 aliphatic rings. The van der Waals surface area contributed by atoms with Crippen molar-refractivity contribution in [3.05, 3.63) is 35.4 Å². The lowest BCUT2D eigenvalue weighted by Crippen LogP contribution is -2.25. The van der Waals surface area contributed by atoms with Crippen LogP contribution in [0.5, 0.6) is 0 Å². The predicted octanol–water partition coefficient (Wildman–Crippen LogP) is 4.24. The van der Waals surface area contributed by atoms with Gasteiger partial charge in [0.15, 0.2) is 0 Å². The smallest absolute Gasteiger partial charge is 0.0818 e. The topological polar surface area (TPSA) is 20.2 Å². The summed E-state index contributed by atoms with van der Waals surface area (Å²) in [4.78, 5) is 0. The molecule has 0 aromatic heterocycles. The van der Waals surface area contributed by atoms with Crippen molar-refractivity contribution in [2.45, 2.75) is 52.6 Å². The third-order valence-corrected chi connectivity index (χ3v) is 4.21. The van der Waals surface area contributed by atoms with Crippen LogP contribution in [0.3, 0.4) is 0 Å². The average Bonchev–Trinajstić information content (AvgIpc) is 2.28. The van der Waals surface area contributed by atoms with Crippen LogP contribution in [0.25, 0.3) is 0 Å². The van der Waals surface area contributed by atoms with Gasteiger partial charge in [0.05, 0.1) is 6.10 Å². The van der Waals surface area contributed by atoms with E-state index >= 15 is 0 Å². The van der Waals surface area contributed by atoms with Crippen molar-refractivity contribution in [3.8, 4) is 0 Å². The van der Waals surface area contributed by atoms with E-state index in [0.29, 0.717) is 11.3 Å². The lowest BCUT2D eigenvalue weighted by Gasteiger charge is -2.36. The van der Waals surface area contributed by atoms with E-state index in [9.17, 15) is 5.11 Å². The standard InChI is InChI=1S/C16H24O/c1-12-5-4-6-14(11-12)15(17)13-7-9-16(2,3)10-8-13/h4-6,11,13,15,17H,7-10H2,1-3H3. The van der Waals surface area contributed by atoms with Gasteiger partial charge in [-0.2, -0.15) is 0 Å². The number of aliphatic hydroxyl groups excluding tert-OH is 1. The molecule has 0 heterocycles. The van der Waals surface area contributed by atoms with Gasteiger partial charge in [0.1, 0.15) is 0 Å². The van der Waals surface area contributed by atoms with Crippen LogP contribution < -0.4 is 0 Å². The van der Waals surface area contributed by atoms with Gasteiger partial charge in [-0.1, -0.05) is 43.7 Å². The number of rotatable bonds is 2. The van der Waals surface area contributed by atoms with E-state index in [-0.39, 0.29) is 6.10 Å². The summed E-state index contributed by atoms with van der Waals surface area (Å²) in [6.45, 7) is 6.75. The third kappa shape index (κ3) is 3.10. The summed E-state index contributed by atoms with van der Waals surface area (Å²) >= 11 is 0. The first-order valence-electron chi connectivity index (χ1n) is 6.73. The van der Waals surface area contributed by atoms with Gasteiger partial charge in [0, 0.05) is 0 Å². The lowest BCUT2D eigenvalue weighted by molar-refractivity contribution is 0.0567. The van der Waals surface area contributed by atoms with E-state index in [4.69, 9.17) is 0 Å². The van der Waals surface area contributed by atoms with Gasteiger partial charge in [-0.3, -0.25) is 0 Å². The Kier molecular flexibility index (Phi) is 3.58. The molecule has 94 valence electrons. The zero-order valence-corrected chi connectivity index (χ0v) is 11.2. The molecule has 0 aliphatic heterocycles. The Morgan fingerprint density at radius 1 is 1.24 bits per heavy atom. The zero-order valence-electron chi connectivity index (χ0n) is 11.2. The van der Waals surface area contributed by atoms with Gasteiger partial charge in [0.2, 0.25) is 0 Å². The third-order valence-electron chi connectivity index (χ3n) is 4.21. The van der Waals surface area contributed by atoms with Crippen molar-refractivity contribution >= 4 is 0 Å². The monoisotopic (exact) mass is 232 g/mol. The Balaban J connectivity index is 2.04. The number of hydrogen-bond acceptors (Lipinski definition) is 1. The first-order valence-corrected chi connectivity index (χ1v) is 6.73. The van der Waals surface area contributed by atoms with Gasteiger partial charge >= 0.3 is 0 Å². The van der Waals surface area contributed by atoms with E-state index < -0.39 is 0 Å². The molecule has 1 fully saturated rings. The number of aliphatic hydroxyl groups is 1. The molecule has 1 unspecified atom stereocenters. The Bertz CT molecular complexity index is 371. The first kappa shape index (κ1) is 12.6. The minimum Gasteiger partial charge on any atom is -0.388 e. The highest BCUT2D eigenvalue weighted by atomic mass is 16.3. The Hall–Kier alpha value is -0.820. The normalized spacial score (nSPS) is 22.4. The van der Waals surface area contributed by atoms with Crippen LogP contribution in [-0.2, 0) is 0 Å². The second-order valence-corrected chi connectivity index (χ2v) is 6.36. The van der Waals surface area contributed by atoms with Crippen molar-refractivity contribution in [1.82, 2.24) is 0 Å². The molecule has 2 rings (SSSR count). The molecular formula is C16H24O. The number of aryl methyl sites for hydroxylation is 1. The van der Waals surface area contributed by atoms with Crippen molar-refractivity contribution < 1.29 is 5.11 Å². The fourth-order valence-electron chi connectivity index (χ4n) is 2.86. The molecule has 17 heavy (non-hydrogen) atoms. The van der Waals surface area contributed by atoms with Crippen LogP contribution in [-0.4, -0.2) is 5.11 Å². The first-order chi connectivity index (χ1) is 7.98. The maximum absolute atomic E-state index is 10.4. The number of hydrogen-bond donors (Lipinski definition) is 1. The molecule has 0 saturated heterocycles. The molecule has 0 spiro atoms. The highest BCUT2D eigenvalue weighted by Gasteiger charge is 2.31. The molecule has 1 heteroatoms. The number of benzene rings is 1. The molecule has 1 atom stereocenters. The maximum Gasteiger partial charge on any atom is 0.0818 e. The van der Waals surface area contributed by atoms with Crippen molar-refractivity contribution in [3.63, 3.8) is 0 Å². The van der Waals surface area contributed by atoms with Crippen LogP contribution in [0, 0.1) is 18.3 Å². The van der Waals surface area contributed by atoms with Crippen LogP contribution in [0.1, 0.15) is 56.8 Å². The molecule has 1 N–H and O–H groups in total. The van der Waals surface area contributed by atoms with Crippen molar-refractivity contribution in [2.75, 3.05) is 0 Å². The second kappa shape index (κ2) is 4.81. The fourth-order valence-corrected chi connectivity index (χ4v) is 2.86. The highest BCUT2D eigenvalue weighted by Crippen LogP contribution is 2.42. The Morgan fingerprint density at radius 2 is 1.88 bits per heavy atom. The molecule has 1 aliphatic carbocycles. The van der Waals surface area contributed by atoms with Gasteiger partial charge in [-0.15, -0.1) is 0 Å². The van der Waals surface area contributed by atoms with Crippen molar-refractivity contribution in [1.29, 1.82) is 0 Å². The minimum atomic E-state index is -0.272. The largest absolute Gasteiger partial charge is 0.388 e. The summed E-state index contributed by atoms with van der Waals surface area (Å²) in [5.41, 5.74) is 2.80. The van der Waals surface area contributed by atoms with Crippen LogP contribution in [0.4, 0.5) is 0 Å². The summed E-state index contributed by atoms with van der Waals surface area (Å²) < 4.78 is 0. The lowest BCUT2D eigenvalue weighted by atomic mass is 9.71. The molecule has 1 saturated carbocycles. The van der Waals surface area contributed by atoms with E-state index in [2.05, 4.69) is 39.0 Å². The van der Waals surface area contributed by atoms with Crippen LogP contribution >= 0.6 is 0 Å². The predicted molar refractivity (Wildman–Crippen MR) is 71.9 cm³/mol. The molecule has 0 radical (unpaired) electrons. The SMILES string of the molecule is Cc1cccc(C(O)C2CCC(C)(C)CC2)c1. The van der Waals surface area contributed by atoms with Gasteiger partial charge in [0.25, 0.3) is 0 Å². The molecule has 1 aromatic rings. The van der Waals surface area contributed by atoms with E-state index in [0.717, 1.165) is 18.4 Å². The molecule has 0 bridgehead atoms. The summed E-state index contributed by atoms with van der Waals surface area (Å²) in [6, 6.07) is 8.29. The van der Waals surface area contributed by atoms with Gasteiger partial charge in [-0.25, -0.2) is 0 Å². The quantitative estimate of drug-likeness (QED) is 0.808. The van der Waals surface area contributed by atoms with Crippen LogP contribution in [0.2, 0.25) is 0 Å². The van der Waals surface area contributed by atoms with E-state index in [1.807, 2.05) is 6.07 Å². The van der Waals surface area contributed by atoms with E-state index in [1.165, 1.54) is 18.4 Å². The highest BCUT2D eigenvalue weighted by molar-refractivity contribution is 5.24. The second-order valence-electron chi connectivity index (χ2n) is 6.36. The fraction of sp³-hybridized carbons (Fsp3) is 0.625. The molecule has 1 aromatic carbocycles. The van der Waals surface area contributed by atoms with Crippen LogP contribution in [0.15, 0.2) is 24.3 Å². The Labute approximate surface area is 105 Å². The van der Waals surface area contributed by atoms with Gasteiger partial charge < -0.3 is 5.11 Å². The molecular weight excluding hydrogens is 208 g/mol. The summed E-state index contributed by atoms with van der Waals surface area (Å²) in [5, 5.41) is 10.4. The Morgan fingerprint density at radius 3 is 2.47 bits per heavy atom. The maximum atomic E-state index is 10.4. The van der Waals surface area contributed by atoms with Gasteiger partial charge in [-0.05, 0) is 49.5 Å². The van der Waals surface area contributed by atoms with Crippen molar-refractivity contribution in [2.24, 2.45) is 11.3 Å². The average molecular weight is 232 g/mol.